The maximum atomic E-state index is 2.43. The average molecular weight is 611 g/mol. The highest BCUT2D eigenvalue weighted by Gasteiger charge is 2.18. The van der Waals surface area contributed by atoms with E-state index in [0.717, 1.165) is 5.69 Å². The molecule has 0 unspecified atom stereocenters. The van der Waals surface area contributed by atoms with Crippen LogP contribution in [0.15, 0.2) is 182 Å². The molecule has 2 nitrogen and oxygen atoms in total. The van der Waals surface area contributed by atoms with Gasteiger partial charge in [-0.25, -0.2) is 0 Å². The lowest BCUT2D eigenvalue weighted by molar-refractivity contribution is 1.18. The minimum absolute atomic E-state index is 1.16. The zero-order valence-electron chi connectivity index (χ0n) is 26.2. The van der Waals surface area contributed by atoms with E-state index in [1.54, 1.807) is 0 Å². The first-order valence-electron chi connectivity index (χ1n) is 16.5. The normalized spacial score (nSPS) is 11.8. The molecule has 0 radical (unpaired) electrons. The fraction of sp³-hybridized carbons (Fsp3) is 0. The van der Waals surface area contributed by atoms with E-state index in [0.29, 0.717) is 0 Å². The van der Waals surface area contributed by atoms with Gasteiger partial charge in [-0.1, -0.05) is 133 Å². The lowest BCUT2D eigenvalue weighted by atomic mass is 9.98. The van der Waals surface area contributed by atoms with Crippen LogP contribution in [0.4, 0.5) is 0 Å². The van der Waals surface area contributed by atoms with Crippen molar-refractivity contribution in [3.8, 4) is 33.6 Å². The Balaban J connectivity index is 1.22. The van der Waals surface area contributed by atoms with E-state index >= 15 is 0 Å². The molecule has 0 saturated carbocycles. The SMILES string of the molecule is c1ccc(-c2cccc(-n3c4ccccc4c4c(-c5ccc6c7ccccc7n(-c7ccc8ccccc8c7)c6c5)cccc43)c2)cc1. The first-order chi connectivity index (χ1) is 23.8. The molecule has 0 N–H and O–H groups in total. The van der Waals surface area contributed by atoms with Crippen LogP contribution in [0.3, 0.4) is 0 Å². The predicted octanol–water partition coefficient (Wildman–Crippen LogP) is 12.4. The molecule has 0 fully saturated rings. The summed E-state index contributed by atoms with van der Waals surface area (Å²) in [5.74, 6) is 0. The predicted molar refractivity (Wildman–Crippen MR) is 203 cm³/mol. The molecule has 0 bridgehead atoms. The van der Waals surface area contributed by atoms with E-state index in [1.807, 2.05) is 0 Å². The summed E-state index contributed by atoms with van der Waals surface area (Å²) in [5, 5.41) is 7.54. The molecule has 0 aliphatic carbocycles. The van der Waals surface area contributed by atoms with Gasteiger partial charge in [0.1, 0.15) is 0 Å². The van der Waals surface area contributed by atoms with Crippen LogP contribution < -0.4 is 0 Å². The van der Waals surface area contributed by atoms with Crippen LogP contribution in [-0.2, 0) is 0 Å². The molecular formula is C46H30N2. The number of rotatable bonds is 4. The van der Waals surface area contributed by atoms with Gasteiger partial charge in [0.2, 0.25) is 0 Å². The lowest BCUT2D eigenvalue weighted by Gasteiger charge is -2.12. The third-order valence-electron chi connectivity index (χ3n) is 9.89. The summed E-state index contributed by atoms with van der Waals surface area (Å²) in [4.78, 5) is 0. The molecule has 8 aromatic carbocycles. The zero-order valence-corrected chi connectivity index (χ0v) is 26.2. The van der Waals surface area contributed by atoms with Gasteiger partial charge in [0.15, 0.2) is 0 Å². The van der Waals surface area contributed by atoms with Gasteiger partial charge < -0.3 is 9.13 Å². The summed E-state index contributed by atoms with van der Waals surface area (Å²) in [6.45, 7) is 0. The van der Waals surface area contributed by atoms with Crippen LogP contribution in [-0.4, -0.2) is 9.13 Å². The first kappa shape index (κ1) is 26.8. The van der Waals surface area contributed by atoms with Gasteiger partial charge >= 0.3 is 0 Å². The van der Waals surface area contributed by atoms with Crippen molar-refractivity contribution in [2.75, 3.05) is 0 Å². The van der Waals surface area contributed by atoms with Crippen molar-refractivity contribution in [3.63, 3.8) is 0 Å². The number of benzene rings is 8. The highest BCUT2D eigenvalue weighted by molar-refractivity contribution is 6.17. The van der Waals surface area contributed by atoms with Crippen LogP contribution in [0.2, 0.25) is 0 Å². The standard InChI is InChI=1S/C46H30N2/c1-2-12-31(13-3-1)34-16-10-17-36(28-34)47-43-22-9-7-19-41(43)46-38(20-11-23-44(46)47)35-25-27-40-39-18-6-8-21-42(39)48(45(40)30-35)37-26-24-32-14-4-5-15-33(32)29-37/h1-30H. The second-order valence-corrected chi connectivity index (χ2v) is 12.6. The van der Waals surface area contributed by atoms with Gasteiger partial charge in [-0.15, -0.1) is 0 Å². The van der Waals surface area contributed by atoms with E-state index < -0.39 is 0 Å². The van der Waals surface area contributed by atoms with Crippen molar-refractivity contribution in [1.82, 2.24) is 9.13 Å². The van der Waals surface area contributed by atoms with E-state index in [1.165, 1.54) is 82.3 Å². The van der Waals surface area contributed by atoms with Crippen molar-refractivity contribution in [2.45, 2.75) is 0 Å². The average Bonchev–Trinajstić information content (AvgIpc) is 3.68. The second-order valence-electron chi connectivity index (χ2n) is 12.6. The molecule has 10 rings (SSSR count). The molecule has 10 aromatic rings. The molecule has 2 heteroatoms. The summed E-state index contributed by atoms with van der Waals surface area (Å²) in [7, 11) is 0. The monoisotopic (exact) mass is 610 g/mol. The van der Waals surface area contributed by atoms with E-state index in [2.05, 4.69) is 191 Å². The number of nitrogens with zero attached hydrogens (tertiary/aromatic N) is 2. The minimum Gasteiger partial charge on any atom is -0.309 e. The number of hydrogen-bond acceptors (Lipinski definition) is 0. The summed E-state index contributed by atoms with van der Waals surface area (Å²) in [6, 6.07) is 66.2. The highest BCUT2D eigenvalue weighted by Crippen LogP contribution is 2.41. The van der Waals surface area contributed by atoms with Crippen molar-refractivity contribution in [2.24, 2.45) is 0 Å². The number of aromatic nitrogens is 2. The smallest absolute Gasteiger partial charge is 0.0547 e. The molecular weight excluding hydrogens is 581 g/mol. The molecule has 0 spiro atoms. The summed E-state index contributed by atoms with van der Waals surface area (Å²) < 4.78 is 4.85. The molecule has 48 heavy (non-hydrogen) atoms. The molecule has 0 atom stereocenters. The van der Waals surface area contributed by atoms with Gasteiger partial charge in [-0.3, -0.25) is 0 Å². The Labute approximate surface area is 278 Å². The molecule has 2 aromatic heterocycles. The number of fused-ring (bicyclic) bond motifs is 7. The van der Waals surface area contributed by atoms with Gasteiger partial charge in [0.05, 0.1) is 22.1 Å². The Bertz CT molecular complexity index is 2830. The van der Waals surface area contributed by atoms with Crippen LogP contribution in [0.25, 0.3) is 88.0 Å². The summed E-state index contributed by atoms with van der Waals surface area (Å²) >= 11 is 0. The summed E-state index contributed by atoms with van der Waals surface area (Å²) in [5.41, 5.74) is 12.0. The zero-order chi connectivity index (χ0) is 31.6. The maximum absolute atomic E-state index is 2.43. The third-order valence-corrected chi connectivity index (χ3v) is 9.89. The molecule has 0 amide bonds. The van der Waals surface area contributed by atoms with Crippen molar-refractivity contribution < 1.29 is 0 Å². The van der Waals surface area contributed by atoms with Crippen molar-refractivity contribution in [1.29, 1.82) is 0 Å². The third kappa shape index (κ3) is 4.06. The Morgan fingerprint density at radius 1 is 0.292 bits per heavy atom. The molecule has 2 heterocycles. The maximum Gasteiger partial charge on any atom is 0.0547 e. The van der Waals surface area contributed by atoms with Crippen molar-refractivity contribution in [3.05, 3.63) is 182 Å². The van der Waals surface area contributed by atoms with Crippen LogP contribution in [0.5, 0.6) is 0 Å². The van der Waals surface area contributed by atoms with E-state index in [4.69, 9.17) is 0 Å². The van der Waals surface area contributed by atoms with E-state index in [9.17, 15) is 0 Å². The molecule has 0 aliphatic rings. The Hall–Kier alpha value is -6.38. The highest BCUT2D eigenvalue weighted by atomic mass is 15.0. The first-order valence-corrected chi connectivity index (χ1v) is 16.5. The second kappa shape index (κ2) is 10.6. The Morgan fingerprint density at radius 3 is 1.79 bits per heavy atom. The van der Waals surface area contributed by atoms with Gasteiger partial charge in [-0.05, 0) is 81.6 Å². The molecule has 0 saturated heterocycles. The van der Waals surface area contributed by atoms with Gasteiger partial charge in [-0.2, -0.15) is 0 Å². The fourth-order valence-electron chi connectivity index (χ4n) is 7.73. The van der Waals surface area contributed by atoms with Crippen LogP contribution in [0, 0.1) is 0 Å². The van der Waals surface area contributed by atoms with Gasteiger partial charge in [0.25, 0.3) is 0 Å². The largest absolute Gasteiger partial charge is 0.309 e. The van der Waals surface area contributed by atoms with Crippen molar-refractivity contribution >= 4 is 54.4 Å². The lowest BCUT2D eigenvalue weighted by Crippen LogP contribution is -1.95. The summed E-state index contributed by atoms with van der Waals surface area (Å²) in [6.07, 6.45) is 0. The van der Waals surface area contributed by atoms with E-state index in [-0.39, 0.29) is 0 Å². The molecule has 0 aliphatic heterocycles. The number of hydrogen-bond donors (Lipinski definition) is 0. The molecule has 224 valence electrons. The van der Waals surface area contributed by atoms with Gasteiger partial charge in [0, 0.05) is 32.9 Å². The Kier molecular flexibility index (Phi) is 5.91. The fourth-order valence-corrected chi connectivity index (χ4v) is 7.73. The Morgan fingerprint density at radius 2 is 0.917 bits per heavy atom. The number of para-hydroxylation sites is 2. The minimum atomic E-state index is 1.16. The topological polar surface area (TPSA) is 9.86 Å². The van der Waals surface area contributed by atoms with Crippen LogP contribution >= 0.6 is 0 Å². The van der Waals surface area contributed by atoms with Crippen LogP contribution in [0.1, 0.15) is 0 Å². The quantitative estimate of drug-likeness (QED) is 0.188.